The van der Waals surface area contributed by atoms with Gasteiger partial charge in [-0.1, -0.05) is 23.7 Å². The van der Waals surface area contributed by atoms with Gasteiger partial charge in [0.05, 0.1) is 23.4 Å². The zero-order valence-corrected chi connectivity index (χ0v) is 14.2. The number of amides is 1. The van der Waals surface area contributed by atoms with Crippen LogP contribution >= 0.6 is 11.6 Å². The first-order valence-electron chi connectivity index (χ1n) is 7.54. The lowest BCUT2D eigenvalue weighted by molar-refractivity contribution is -0.123. The summed E-state index contributed by atoms with van der Waals surface area (Å²) < 4.78 is 5.39. The summed E-state index contributed by atoms with van der Waals surface area (Å²) in [5, 5.41) is 4.51. The van der Waals surface area contributed by atoms with Crippen molar-refractivity contribution in [3.05, 3.63) is 64.9 Å². The van der Waals surface area contributed by atoms with Gasteiger partial charge in [-0.2, -0.15) is 5.10 Å². The quantitative estimate of drug-likeness (QED) is 0.564. The molecule has 0 aliphatic heterocycles. The van der Waals surface area contributed by atoms with Crippen molar-refractivity contribution in [2.75, 3.05) is 6.61 Å². The van der Waals surface area contributed by atoms with Gasteiger partial charge >= 0.3 is 0 Å². The van der Waals surface area contributed by atoms with Gasteiger partial charge in [0.15, 0.2) is 6.61 Å². The van der Waals surface area contributed by atoms with E-state index in [1.807, 2.05) is 31.2 Å². The Morgan fingerprint density at radius 3 is 2.88 bits per heavy atom. The largest absolute Gasteiger partial charge is 0.484 e. The predicted molar refractivity (Wildman–Crippen MR) is 97.0 cm³/mol. The first kappa shape index (κ1) is 16.9. The fourth-order valence-corrected chi connectivity index (χ4v) is 2.21. The van der Waals surface area contributed by atoms with Crippen molar-refractivity contribution in [1.82, 2.24) is 15.4 Å². The van der Waals surface area contributed by atoms with E-state index in [9.17, 15) is 4.79 Å². The van der Waals surface area contributed by atoms with E-state index in [1.165, 1.54) is 6.21 Å². The minimum Gasteiger partial charge on any atom is -0.484 e. The zero-order valence-electron chi connectivity index (χ0n) is 13.4. The van der Waals surface area contributed by atoms with E-state index in [4.69, 9.17) is 16.3 Å². The molecule has 0 spiro atoms. The van der Waals surface area contributed by atoms with E-state index in [2.05, 4.69) is 20.5 Å². The predicted octanol–water partition coefficient (Wildman–Crippen LogP) is 3.12. The number of halogens is 1. The van der Waals surface area contributed by atoms with Crippen LogP contribution in [0, 0.1) is 6.92 Å². The summed E-state index contributed by atoms with van der Waals surface area (Å²) in [4.78, 5) is 20.4. The van der Waals surface area contributed by atoms with Crippen molar-refractivity contribution in [1.29, 1.82) is 0 Å². The molecule has 0 aliphatic carbocycles. The summed E-state index contributed by atoms with van der Waals surface area (Å²) in [6.07, 6.45) is 3.02. The molecule has 0 saturated heterocycles. The molecule has 0 aliphatic rings. The summed E-state index contributed by atoms with van der Waals surface area (Å²) >= 11 is 5.94. The molecule has 3 aromatic rings. The number of carbonyl (C=O) groups is 1. The maximum absolute atomic E-state index is 11.8. The van der Waals surface area contributed by atoms with Crippen LogP contribution in [0.15, 0.2) is 53.8 Å². The maximum atomic E-state index is 11.8. The lowest BCUT2D eigenvalue weighted by Crippen LogP contribution is -2.24. The van der Waals surface area contributed by atoms with Crippen LogP contribution in [0.4, 0.5) is 0 Å². The molecular weight excluding hydrogens is 340 g/mol. The molecule has 1 aromatic heterocycles. The van der Waals surface area contributed by atoms with E-state index >= 15 is 0 Å². The Balaban J connectivity index is 1.53. The van der Waals surface area contributed by atoms with Crippen LogP contribution in [0.1, 0.15) is 11.3 Å². The number of hydrogen-bond acceptors (Lipinski definition) is 5. The number of rotatable bonds is 5. The number of aryl methyl sites for hydroxylation is 1. The maximum Gasteiger partial charge on any atom is 0.277 e. The third-order valence-electron chi connectivity index (χ3n) is 3.35. The van der Waals surface area contributed by atoms with Crippen LogP contribution in [0.3, 0.4) is 0 Å². The Labute approximate surface area is 149 Å². The average molecular weight is 355 g/mol. The molecule has 0 bridgehead atoms. The van der Waals surface area contributed by atoms with Crippen LogP contribution in [0.5, 0.6) is 5.75 Å². The van der Waals surface area contributed by atoms with Gasteiger partial charge in [-0.25, -0.2) is 10.4 Å². The molecule has 25 heavy (non-hydrogen) atoms. The molecule has 3 rings (SSSR count). The Morgan fingerprint density at radius 2 is 2.08 bits per heavy atom. The molecule has 0 fully saturated rings. The van der Waals surface area contributed by atoms with Gasteiger partial charge in [-0.05, 0) is 42.8 Å². The number of nitrogens with one attached hydrogen (secondary N) is 1. The van der Waals surface area contributed by atoms with Crippen molar-refractivity contribution in [3.8, 4) is 5.75 Å². The molecule has 1 amide bonds. The molecule has 0 unspecified atom stereocenters. The first-order valence-corrected chi connectivity index (χ1v) is 7.92. The monoisotopic (exact) mass is 354 g/mol. The number of hydrogen-bond donors (Lipinski definition) is 1. The van der Waals surface area contributed by atoms with Crippen LogP contribution in [-0.4, -0.2) is 28.7 Å². The second kappa shape index (κ2) is 7.72. The fourth-order valence-electron chi connectivity index (χ4n) is 2.09. The summed E-state index contributed by atoms with van der Waals surface area (Å²) in [6.45, 7) is 1.71. The van der Waals surface area contributed by atoms with Crippen molar-refractivity contribution >= 4 is 34.8 Å². The molecular formula is C18H15ClN4O2. The van der Waals surface area contributed by atoms with Gasteiger partial charge in [-0.3, -0.25) is 9.78 Å². The minimum absolute atomic E-state index is 0.151. The summed E-state index contributed by atoms with van der Waals surface area (Å²) in [6, 6.07) is 12.7. The molecule has 126 valence electrons. The second-order valence-corrected chi connectivity index (χ2v) is 5.68. The Kier molecular flexibility index (Phi) is 5.20. The molecule has 1 heterocycles. The highest BCUT2D eigenvalue weighted by Gasteiger charge is 2.03. The van der Waals surface area contributed by atoms with Crippen LogP contribution in [0.25, 0.3) is 11.0 Å². The number of hydrazone groups is 1. The Hall–Kier alpha value is -2.99. The van der Waals surface area contributed by atoms with Crippen molar-refractivity contribution in [2.45, 2.75) is 6.92 Å². The van der Waals surface area contributed by atoms with Gasteiger partial charge in [0.2, 0.25) is 0 Å². The van der Waals surface area contributed by atoms with E-state index in [-0.39, 0.29) is 12.5 Å². The van der Waals surface area contributed by atoms with E-state index in [0.717, 1.165) is 16.6 Å². The highest BCUT2D eigenvalue weighted by atomic mass is 35.5. The lowest BCUT2D eigenvalue weighted by Gasteiger charge is -2.06. The van der Waals surface area contributed by atoms with Crippen LogP contribution in [-0.2, 0) is 4.79 Å². The third-order valence-corrected chi connectivity index (χ3v) is 3.78. The Morgan fingerprint density at radius 1 is 1.28 bits per heavy atom. The molecule has 6 nitrogen and oxygen atoms in total. The normalized spacial score (nSPS) is 11.0. The van der Waals surface area contributed by atoms with Gasteiger partial charge in [0.1, 0.15) is 11.4 Å². The molecule has 0 saturated carbocycles. The van der Waals surface area contributed by atoms with Gasteiger partial charge in [-0.15, -0.1) is 0 Å². The van der Waals surface area contributed by atoms with Gasteiger partial charge in [0.25, 0.3) is 5.91 Å². The fraction of sp³-hybridized carbons (Fsp3) is 0.111. The molecule has 0 radical (unpaired) electrons. The van der Waals surface area contributed by atoms with E-state index in [0.29, 0.717) is 16.5 Å². The summed E-state index contributed by atoms with van der Waals surface area (Å²) in [5.74, 6) is 0.194. The smallest absolute Gasteiger partial charge is 0.277 e. The van der Waals surface area contributed by atoms with Crippen molar-refractivity contribution in [2.24, 2.45) is 5.10 Å². The highest BCUT2D eigenvalue weighted by molar-refractivity contribution is 6.31. The number of carbonyl (C=O) groups excluding carboxylic acids is 1. The number of fused-ring (bicyclic) bond motifs is 1. The molecule has 2 aromatic carbocycles. The standard InChI is InChI=1S/C18H15ClN4O2/c1-12-8-14(6-7-15(12)19)25-11-18(24)23-21-10-13-9-20-16-4-2-3-5-17(16)22-13/h2-10H,11H2,1H3,(H,23,24)/b21-10-. The molecule has 1 N–H and O–H groups in total. The first-order chi connectivity index (χ1) is 12.1. The second-order valence-electron chi connectivity index (χ2n) is 5.28. The minimum atomic E-state index is -0.377. The Bertz CT molecular complexity index is 943. The summed E-state index contributed by atoms with van der Waals surface area (Å²) in [7, 11) is 0. The number of ether oxygens (including phenoxy) is 1. The van der Waals surface area contributed by atoms with Crippen LogP contribution in [0.2, 0.25) is 5.02 Å². The highest BCUT2D eigenvalue weighted by Crippen LogP contribution is 2.20. The van der Waals surface area contributed by atoms with Crippen LogP contribution < -0.4 is 10.2 Å². The van der Waals surface area contributed by atoms with E-state index in [1.54, 1.807) is 24.4 Å². The zero-order chi connectivity index (χ0) is 17.6. The van der Waals surface area contributed by atoms with E-state index < -0.39 is 0 Å². The van der Waals surface area contributed by atoms with Gasteiger partial charge in [0, 0.05) is 5.02 Å². The summed E-state index contributed by atoms with van der Waals surface area (Å²) in [5.41, 5.74) is 5.38. The number of nitrogens with zero attached hydrogens (tertiary/aromatic N) is 3. The number of benzene rings is 2. The molecule has 7 heteroatoms. The van der Waals surface area contributed by atoms with Crippen molar-refractivity contribution < 1.29 is 9.53 Å². The number of aromatic nitrogens is 2. The topological polar surface area (TPSA) is 76.5 Å². The lowest BCUT2D eigenvalue weighted by atomic mass is 10.2. The number of para-hydroxylation sites is 2. The molecule has 0 atom stereocenters. The SMILES string of the molecule is Cc1cc(OCC(=O)N/N=C\c2cnc3ccccc3n2)ccc1Cl. The van der Waals surface area contributed by atoms with Gasteiger partial charge < -0.3 is 4.74 Å². The third kappa shape index (κ3) is 4.51. The van der Waals surface area contributed by atoms with Crippen molar-refractivity contribution in [3.63, 3.8) is 0 Å². The average Bonchev–Trinajstić information content (AvgIpc) is 2.62.